The number of rotatable bonds is 4. The van der Waals surface area contributed by atoms with Crippen molar-refractivity contribution in [1.29, 1.82) is 0 Å². The summed E-state index contributed by atoms with van der Waals surface area (Å²) < 4.78 is 0. The van der Waals surface area contributed by atoms with E-state index in [1.54, 1.807) is 0 Å². The maximum Gasteiger partial charge on any atom is 0.225 e. The second kappa shape index (κ2) is 7.53. The molecular formula is C23H32N4OS. The summed E-state index contributed by atoms with van der Waals surface area (Å²) >= 11 is 1.90. The largest absolute Gasteiger partial charge is 0.352 e. The molecule has 6 heteroatoms. The van der Waals surface area contributed by atoms with Crippen molar-refractivity contribution in [2.45, 2.75) is 65.2 Å². The maximum atomic E-state index is 12.5. The number of aryl methyl sites for hydroxylation is 1. The van der Waals surface area contributed by atoms with Gasteiger partial charge in [-0.15, -0.1) is 11.3 Å². The third-order valence-corrected chi connectivity index (χ3v) is 8.17. The Hall–Kier alpha value is -1.69. The van der Waals surface area contributed by atoms with Crippen LogP contribution >= 0.6 is 11.3 Å². The molecule has 2 fully saturated rings. The highest BCUT2D eigenvalue weighted by atomic mass is 32.1. The Balaban J connectivity index is 1.50. The van der Waals surface area contributed by atoms with Crippen LogP contribution in [0.25, 0.3) is 10.2 Å². The molecule has 0 N–H and O–H groups in total. The minimum Gasteiger partial charge on any atom is -0.352 e. The lowest BCUT2D eigenvalue weighted by Crippen LogP contribution is -2.49. The van der Waals surface area contributed by atoms with Gasteiger partial charge in [0, 0.05) is 42.9 Å². The normalized spacial score (nSPS) is 23.3. The number of fused-ring (bicyclic) bond motifs is 3. The van der Waals surface area contributed by atoms with Crippen molar-refractivity contribution < 1.29 is 4.79 Å². The number of hydrogen-bond acceptors (Lipinski definition) is 5. The van der Waals surface area contributed by atoms with Crippen molar-refractivity contribution in [3.05, 3.63) is 16.3 Å². The van der Waals surface area contributed by atoms with Gasteiger partial charge in [-0.25, -0.2) is 9.97 Å². The SMILES string of the molecule is CC[C@H](C)c1nc(N2CCN(C(=O)C3CC3)CC2)c2c3c(sc2n1)C[C@@H](C)CC3. The van der Waals surface area contributed by atoms with E-state index in [2.05, 4.69) is 30.6 Å². The summed E-state index contributed by atoms with van der Waals surface area (Å²) in [6, 6.07) is 0. The molecule has 2 aromatic rings. The molecule has 2 atom stereocenters. The summed E-state index contributed by atoms with van der Waals surface area (Å²) in [5.41, 5.74) is 1.50. The van der Waals surface area contributed by atoms with Crippen molar-refractivity contribution in [2.75, 3.05) is 31.1 Å². The molecular weight excluding hydrogens is 380 g/mol. The molecule has 2 aliphatic carbocycles. The van der Waals surface area contributed by atoms with E-state index < -0.39 is 0 Å². The summed E-state index contributed by atoms with van der Waals surface area (Å²) in [7, 11) is 0. The van der Waals surface area contributed by atoms with E-state index in [1.165, 1.54) is 33.5 Å². The number of carbonyl (C=O) groups is 1. The van der Waals surface area contributed by atoms with Crippen LogP contribution in [0.15, 0.2) is 0 Å². The average molecular weight is 413 g/mol. The summed E-state index contributed by atoms with van der Waals surface area (Å²) in [4.78, 5) is 29.8. The third-order valence-electron chi connectivity index (χ3n) is 7.02. The molecule has 1 saturated heterocycles. The van der Waals surface area contributed by atoms with Crippen molar-refractivity contribution in [3.63, 3.8) is 0 Å². The lowest BCUT2D eigenvalue weighted by Gasteiger charge is -2.36. The van der Waals surface area contributed by atoms with E-state index in [9.17, 15) is 4.79 Å². The Bertz CT molecular complexity index is 927. The van der Waals surface area contributed by atoms with Crippen LogP contribution in [0, 0.1) is 11.8 Å². The fraction of sp³-hybridized carbons (Fsp3) is 0.696. The van der Waals surface area contributed by atoms with Crippen LogP contribution in [0.5, 0.6) is 0 Å². The monoisotopic (exact) mass is 412 g/mol. The van der Waals surface area contributed by atoms with E-state index in [0.717, 1.165) is 69.4 Å². The first-order chi connectivity index (χ1) is 14.0. The Morgan fingerprint density at radius 1 is 1.17 bits per heavy atom. The number of aromatic nitrogens is 2. The van der Waals surface area contributed by atoms with Gasteiger partial charge in [-0.1, -0.05) is 20.8 Å². The highest BCUT2D eigenvalue weighted by Gasteiger charge is 2.35. The Morgan fingerprint density at radius 2 is 1.93 bits per heavy atom. The Kier molecular flexibility index (Phi) is 5.01. The number of carbonyl (C=O) groups excluding carboxylic acids is 1. The van der Waals surface area contributed by atoms with Gasteiger partial charge in [-0.2, -0.15) is 0 Å². The van der Waals surface area contributed by atoms with Crippen molar-refractivity contribution in [3.8, 4) is 0 Å². The van der Waals surface area contributed by atoms with E-state index in [-0.39, 0.29) is 0 Å². The fourth-order valence-corrected chi connectivity index (χ4v) is 6.08. The van der Waals surface area contributed by atoms with Crippen LogP contribution in [0.2, 0.25) is 0 Å². The van der Waals surface area contributed by atoms with Gasteiger partial charge < -0.3 is 9.80 Å². The van der Waals surface area contributed by atoms with Gasteiger partial charge in [0.25, 0.3) is 0 Å². The number of piperazine rings is 1. The van der Waals surface area contributed by atoms with Gasteiger partial charge in [-0.05, 0) is 50.0 Å². The minimum absolute atomic E-state index is 0.315. The first-order valence-electron chi connectivity index (χ1n) is 11.4. The second-order valence-electron chi connectivity index (χ2n) is 9.33. The molecule has 0 bridgehead atoms. The van der Waals surface area contributed by atoms with Crippen molar-refractivity contribution >= 4 is 33.3 Å². The quantitative estimate of drug-likeness (QED) is 0.747. The zero-order valence-electron chi connectivity index (χ0n) is 17.9. The summed E-state index contributed by atoms with van der Waals surface area (Å²) in [6.07, 6.45) is 6.81. The highest BCUT2D eigenvalue weighted by molar-refractivity contribution is 7.19. The summed E-state index contributed by atoms with van der Waals surface area (Å²) in [5, 5.41) is 1.31. The first-order valence-corrected chi connectivity index (χ1v) is 12.2. The number of amides is 1. The molecule has 1 aliphatic heterocycles. The molecule has 0 spiro atoms. The molecule has 3 heterocycles. The molecule has 1 saturated carbocycles. The van der Waals surface area contributed by atoms with E-state index in [1.807, 2.05) is 11.3 Å². The summed E-state index contributed by atoms with van der Waals surface area (Å²) in [6.45, 7) is 10.2. The lowest BCUT2D eigenvalue weighted by atomic mass is 9.89. The fourth-order valence-electron chi connectivity index (χ4n) is 4.70. The van der Waals surface area contributed by atoms with Gasteiger partial charge in [0.05, 0.1) is 5.39 Å². The van der Waals surface area contributed by atoms with Gasteiger partial charge in [-0.3, -0.25) is 4.79 Å². The molecule has 29 heavy (non-hydrogen) atoms. The van der Waals surface area contributed by atoms with E-state index in [4.69, 9.17) is 9.97 Å². The average Bonchev–Trinajstić information content (AvgIpc) is 3.52. The van der Waals surface area contributed by atoms with E-state index in [0.29, 0.717) is 17.7 Å². The zero-order chi connectivity index (χ0) is 20.1. The molecule has 0 unspecified atom stereocenters. The predicted octanol–water partition coefficient (Wildman–Crippen LogP) is 4.39. The third kappa shape index (κ3) is 3.54. The number of nitrogens with zero attached hydrogens (tertiary/aromatic N) is 4. The number of anilines is 1. The molecule has 2 aromatic heterocycles. The molecule has 156 valence electrons. The smallest absolute Gasteiger partial charge is 0.225 e. The molecule has 0 radical (unpaired) electrons. The first kappa shape index (κ1) is 19.3. The van der Waals surface area contributed by atoms with Gasteiger partial charge in [0.1, 0.15) is 16.5 Å². The van der Waals surface area contributed by atoms with E-state index >= 15 is 0 Å². The standard InChI is InChI=1S/C23H32N4OS/c1-4-15(3)20-24-21(26-9-11-27(12-10-26)23(28)16-6-7-16)19-17-8-5-14(2)13-18(17)29-22(19)25-20/h14-16H,4-13H2,1-3H3/t14-,15-/m0/s1. The van der Waals surface area contributed by atoms with Crippen LogP contribution in [0.1, 0.15) is 68.6 Å². The molecule has 5 rings (SSSR count). The summed E-state index contributed by atoms with van der Waals surface area (Å²) in [5.74, 6) is 3.94. The van der Waals surface area contributed by atoms with Crippen LogP contribution in [-0.4, -0.2) is 47.0 Å². The minimum atomic E-state index is 0.315. The predicted molar refractivity (Wildman–Crippen MR) is 119 cm³/mol. The molecule has 3 aliphatic rings. The molecule has 5 nitrogen and oxygen atoms in total. The van der Waals surface area contributed by atoms with Gasteiger partial charge in [0.15, 0.2) is 0 Å². The molecule has 1 amide bonds. The van der Waals surface area contributed by atoms with Crippen LogP contribution < -0.4 is 4.90 Å². The molecule has 0 aromatic carbocycles. The van der Waals surface area contributed by atoms with Crippen LogP contribution in [0.3, 0.4) is 0 Å². The Morgan fingerprint density at radius 3 is 2.62 bits per heavy atom. The van der Waals surface area contributed by atoms with Crippen molar-refractivity contribution in [2.24, 2.45) is 11.8 Å². The van der Waals surface area contributed by atoms with Crippen LogP contribution in [-0.2, 0) is 17.6 Å². The number of hydrogen-bond donors (Lipinski definition) is 0. The van der Waals surface area contributed by atoms with Crippen LogP contribution in [0.4, 0.5) is 5.82 Å². The topological polar surface area (TPSA) is 49.3 Å². The highest BCUT2D eigenvalue weighted by Crippen LogP contribution is 2.42. The van der Waals surface area contributed by atoms with Gasteiger partial charge >= 0.3 is 0 Å². The number of thiophene rings is 1. The Labute approximate surface area is 177 Å². The lowest BCUT2D eigenvalue weighted by molar-refractivity contribution is -0.132. The zero-order valence-corrected chi connectivity index (χ0v) is 18.7. The second-order valence-corrected chi connectivity index (χ2v) is 10.4. The van der Waals surface area contributed by atoms with Crippen molar-refractivity contribution in [1.82, 2.24) is 14.9 Å². The maximum absolute atomic E-state index is 12.5. The van der Waals surface area contributed by atoms with Gasteiger partial charge in [0.2, 0.25) is 5.91 Å².